The van der Waals surface area contributed by atoms with Crippen LogP contribution in [0.3, 0.4) is 0 Å². The quantitative estimate of drug-likeness (QED) is 0.500. The van der Waals surface area contributed by atoms with Gasteiger partial charge in [0.15, 0.2) is 0 Å². The van der Waals surface area contributed by atoms with Gasteiger partial charge in [0.05, 0.1) is 4.90 Å². The zero-order chi connectivity index (χ0) is 21.8. The predicted octanol–water partition coefficient (Wildman–Crippen LogP) is 3.66. The Morgan fingerprint density at radius 3 is 2.06 bits per heavy atom. The van der Waals surface area contributed by atoms with E-state index in [0.29, 0.717) is 18.9 Å². The molecule has 1 aliphatic rings. The van der Waals surface area contributed by atoms with Crippen LogP contribution in [0.2, 0.25) is 0 Å². The second kappa shape index (κ2) is 8.81. The zero-order valence-electron chi connectivity index (χ0n) is 17.3. The molecule has 0 aromatic heterocycles. The van der Waals surface area contributed by atoms with Crippen molar-refractivity contribution < 1.29 is 13.5 Å². The number of benzene rings is 3. The summed E-state index contributed by atoms with van der Waals surface area (Å²) in [5.41, 5.74) is 2.80. The van der Waals surface area contributed by atoms with E-state index in [2.05, 4.69) is 9.30 Å². The number of hydrogen-bond donors (Lipinski definition) is 1. The molecule has 0 spiro atoms. The highest BCUT2D eigenvalue weighted by molar-refractivity contribution is 7.90. The number of piperazine rings is 1. The third-order valence-corrected chi connectivity index (χ3v) is 6.63. The Hall–Kier alpha value is -3.32. The average molecular weight is 436 g/mol. The highest BCUT2D eigenvalue weighted by Gasteiger charge is 2.24. The van der Waals surface area contributed by atoms with Crippen molar-refractivity contribution in [2.45, 2.75) is 11.8 Å². The lowest BCUT2D eigenvalue weighted by Gasteiger charge is -2.37. The average Bonchev–Trinajstić information content (AvgIpc) is 2.79. The van der Waals surface area contributed by atoms with Crippen molar-refractivity contribution in [1.29, 1.82) is 0 Å². The molecule has 0 amide bonds. The number of aryl methyl sites for hydroxylation is 1. The summed E-state index contributed by atoms with van der Waals surface area (Å²) >= 11 is 0. The number of nitrogens with zero attached hydrogens (tertiary/aromatic N) is 3. The van der Waals surface area contributed by atoms with Crippen LogP contribution in [0.5, 0.6) is 5.75 Å². The van der Waals surface area contributed by atoms with E-state index in [1.54, 1.807) is 36.4 Å². The van der Waals surface area contributed by atoms with Gasteiger partial charge in [-0.05, 0) is 43.3 Å². The van der Waals surface area contributed by atoms with Crippen LogP contribution < -0.4 is 4.90 Å². The van der Waals surface area contributed by atoms with E-state index in [4.69, 9.17) is 0 Å². The van der Waals surface area contributed by atoms with Crippen molar-refractivity contribution in [3.05, 3.63) is 90.0 Å². The maximum atomic E-state index is 13.0. The maximum absolute atomic E-state index is 13.0. The number of sulfonamides is 1. The molecule has 0 radical (unpaired) electrons. The summed E-state index contributed by atoms with van der Waals surface area (Å²) in [6.45, 7) is 4.64. The largest absolute Gasteiger partial charge is 0.508 e. The lowest BCUT2D eigenvalue weighted by molar-refractivity contribution is 0.386. The molecule has 0 bridgehead atoms. The van der Waals surface area contributed by atoms with Crippen molar-refractivity contribution in [1.82, 2.24) is 4.90 Å². The zero-order valence-corrected chi connectivity index (χ0v) is 18.2. The normalized spacial score (nSPS) is 15.2. The second-order valence-corrected chi connectivity index (χ2v) is 9.16. The molecule has 0 unspecified atom stereocenters. The highest BCUT2D eigenvalue weighted by atomic mass is 32.2. The van der Waals surface area contributed by atoms with Crippen LogP contribution in [0.1, 0.15) is 11.1 Å². The molecule has 0 atom stereocenters. The SMILES string of the molecule is Cc1ccc(S(=O)(=O)N=C(c2ccccc2)N2CCN(c3ccc(O)cc3)CC2)cc1. The first kappa shape index (κ1) is 20.9. The van der Waals surface area contributed by atoms with Crippen LogP contribution in [0.4, 0.5) is 5.69 Å². The summed E-state index contributed by atoms with van der Waals surface area (Å²) in [5, 5.41) is 9.51. The van der Waals surface area contributed by atoms with E-state index in [1.807, 2.05) is 54.3 Å². The molecule has 0 aliphatic carbocycles. The van der Waals surface area contributed by atoms with E-state index in [0.717, 1.165) is 29.9 Å². The number of phenols is 1. The first-order chi connectivity index (χ1) is 14.9. The molecule has 31 heavy (non-hydrogen) atoms. The first-order valence-corrected chi connectivity index (χ1v) is 11.6. The van der Waals surface area contributed by atoms with E-state index >= 15 is 0 Å². The molecule has 160 valence electrons. The van der Waals surface area contributed by atoms with Gasteiger partial charge in [0.2, 0.25) is 0 Å². The summed E-state index contributed by atoms with van der Waals surface area (Å²) in [5.74, 6) is 0.703. The summed E-state index contributed by atoms with van der Waals surface area (Å²) in [6, 6.07) is 23.3. The highest BCUT2D eigenvalue weighted by Crippen LogP contribution is 2.22. The first-order valence-electron chi connectivity index (χ1n) is 10.2. The van der Waals surface area contributed by atoms with Gasteiger partial charge in [-0.2, -0.15) is 8.42 Å². The van der Waals surface area contributed by atoms with Gasteiger partial charge in [0, 0.05) is 37.4 Å². The van der Waals surface area contributed by atoms with Gasteiger partial charge < -0.3 is 14.9 Å². The fraction of sp³-hybridized carbons (Fsp3) is 0.208. The minimum absolute atomic E-state index is 0.189. The third kappa shape index (κ3) is 4.88. The molecular weight excluding hydrogens is 410 g/mol. The topological polar surface area (TPSA) is 73.2 Å². The van der Waals surface area contributed by atoms with E-state index in [-0.39, 0.29) is 10.6 Å². The molecule has 6 nitrogen and oxygen atoms in total. The van der Waals surface area contributed by atoms with Gasteiger partial charge in [0.25, 0.3) is 10.0 Å². The van der Waals surface area contributed by atoms with Crippen LogP contribution in [0, 0.1) is 6.92 Å². The molecule has 1 N–H and O–H groups in total. The molecule has 3 aromatic carbocycles. The third-order valence-electron chi connectivity index (χ3n) is 5.35. The Kier molecular flexibility index (Phi) is 5.95. The maximum Gasteiger partial charge on any atom is 0.284 e. The Bertz CT molecular complexity index is 1150. The van der Waals surface area contributed by atoms with Gasteiger partial charge in [-0.15, -0.1) is 4.40 Å². The number of anilines is 1. The summed E-state index contributed by atoms with van der Waals surface area (Å²) < 4.78 is 30.4. The fourth-order valence-corrected chi connectivity index (χ4v) is 4.63. The standard InChI is InChI=1S/C24H25N3O3S/c1-19-7-13-23(14-8-19)31(29,30)25-24(20-5-3-2-4-6-20)27-17-15-26(16-18-27)21-9-11-22(28)12-10-21/h2-14,28H,15-18H2,1H3. The molecule has 0 saturated carbocycles. The molecule has 4 rings (SSSR count). The van der Waals surface area contributed by atoms with Crippen LogP contribution in [-0.4, -0.2) is 50.4 Å². The van der Waals surface area contributed by atoms with Crippen molar-refractivity contribution in [3.63, 3.8) is 0 Å². The monoisotopic (exact) mass is 435 g/mol. The number of rotatable bonds is 4. The fourth-order valence-electron chi connectivity index (χ4n) is 3.60. The number of amidine groups is 1. The van der Waals surface area contributed by atoms with Crippen LogP contribution in [0.15, 0.2) is 88.2 Å². The second-order valence-electron chi connectivity index (χ2n) is 7.56. The Labute approximate surface area is 183 Å². The number of hydrogen-bond acceptors (Lipinski definition) is 4. The van der Waals surface area contributed by atoms with Gasteiger partial charge in [-0.25, -0.2) is 0 Å². The summed E-state index contributed by atoms with van der Waals surface area (Å²) in [7, 11) is -3.84. The predicted molar refractivity (Wildman–Crippen MR) is 123 cm³/mol. The molecule has 1 fully saturated rings. The lowest BCUT2D eigenvalue weighted by Crippen LogP contribution is -2.49. The molecule has 3 aromatic rings. The lowest BCUT2D eigenvalue weighted by atomic mass is 10.1. The summed E-state index contributed by atoms with van der Waals surface area (Å²) in [6.07, 6.45) is 0. The summed E-state index contributed by atoms with van der Waals surface area (Å²) in [4.78, 5) is 4.43. The van der Waals surface area contributed by atoms with Gasteiger partial charge in [-0.3, -0.25) is 0 Å². The Morgan fingerprint density at radius 1 is 0.839 bits per heavy atom. The van der Waals surface area contributed by atoms with Gasteiger partial charge >= 0.3 is 0 Å². The van der Waals surface area contributed by atoms with Crippen LogP contribution >= 0.6 is 0 Å². The van der Waals surface area contributed by atoms with Crippen molar-refractivity contribution >= 4 is 21.5 Å². The van der Waals surface area contributed by atoms with Crippen LogP contribution in [-0.2, 0) is 10.0 Å². The smallest absolute Gasteiger partial charge is 0.284 e. The van der Waals surface area contributed by atoms with Crippen molar-refractivity contribution in [2.24, 2.45) is 4.40 Å². The van der Waals surface area contributed by atoms with Crippen molar-refractivity contribution in [3.8, 4) is 5.75 Å². The minimum atomic E-state index is -3.84. The van der Waals surface area contributed by atoms with E-state index < -0.39 is 10.0 Å². The van der Waals surface area contributed by atoms with E-state index in [9.17, 15) is 13.5 Å². The number of aromatic hydroxyl groups is 1. The molecule has 1 aliphatic heterocycles. The van der Waals surface area contributed by atoms with Gasteiger partial charge in [-0.1, -0.05) is 48.0 Å². The molecule has 1 heterocycles. The minimum Gasteiger partial charge on any atom is -0.508 e. The van der Waals surface area contributed by atoms with Crippen molar-refractivity contribution in [2.75, 3.05) is 31.1 Å². The van der Waals surface area contributed by atoms with Gasteiger partial charge in [0.1, 0.15) is 11.6 Å². The molecular formula is C24H25N3O3S. The Balaban J connectivity index is 1.61. The Morgan fingerprint density at radius 2 is 1.45 bits per heavy atom. The molecule has 1 saturated heterocycles. The van der Waals surface area contributed by atoms with E-state index in [1.165, 1.54) is 0 Å². The van der Waals surface area contributed by atoms with Crippen LogP contribution in [0.25, 0.3) is 0 Å². The molecule has 7 heteroatoms. The number of phenolic OH excluding ortho intramolecular Hbond substituents is 1.